The Bertz CT molecular complexity index is 4290. The summed E-state index contributed by atoms with van der Waals surface area (Å²) in [6.45, 7) is 18.3. The Kier molecular flexibility index (Phi) is 39.9. The molecule has 5 aromatic rings. The van der Waals surface area contributed by atoms with Crippen LogP contribution in [0.5, 0.6) is 0 Å². The summed E-state index contributed by atoms with van der Waals surface area (Å²) in [6, 6.07) is 4.40. The number of aryl methyl sites for hydroxylation is 2. The van der Waals surface area contributed by atoms with Gasteiger partial charge >= 0.3 is 5.97 Å². The lowest BCUT2D eigenvalue weighted by Gasteiger charge is -2.42. The van der Waals surface area contributed by atoms with Crippen LogP contribution < -0.4 is 16.8 Å². The standard InChI is InChI=1S/C90H134N12O20/c1-58-23-12-11-13-24-59(2)75(112-8)54-69-33-30-64(7)90(111,122-69)84(108)87(109)101-37-19-16-28-71(101)88(110)120-76(55-72(104)60(3)50-63(6)82(107)83(114-10)81(106)62(5)49-58)61(4)51-65-31-34-74(77(52-65)113-9)119-41-21-17-25-67-56-100(99-97-67)39-42-116-44-46-118-48-47-117-45-43-115-40-22-27-68(103)26-14-15-29-78(105)93-36-18-20-38-102-86-79(85(91)94-57-95-86)80(98-102)66-32-35-73-70(53-66)96-89(92)121-73/h11-13,23-24,32,35,50,53,56-58,60-62,64-65,69,71,74-77,82-83,107,111H,14-22,25-31,33-34,36-49,51-52,54-55H2,1-10H3,(H2,92,96)(H,93,105)(H2,91,94,95)/b13-11+,23-12+,59-24+,63-50+/t58-,60-,61-,62-,64-,65+,69+,71+,74-,75+,76?,77-,82-,83+,90-/m1/s1. The number of unbranched alkanes of at least 4 members (excludes halogenated alkanes) is 3. The molecule has 7 heterocycles. The number of piperidine rings is 1. The van der Waals surface area contributed by atoms with Crippen molar-refractivity contribution in [2.45, 2.75) is 264 Å². The number of fused-ring (bicyclic) bond motifs is 5. The van der Waals surface area contributed by atoms with Crippen molar-refractivity contribution >= 4 is 74.9 Å². The number of nitrogens with two attached hydrogens (primary N) is 2. The van der Waals surface area contributed by atoms with Crippen molar-refractivity contribution in [3.63, 3.8) is 0 Å². The van der Waals surface area contributed by atoms with Crippen LogP contribution in [0, 0.1) is 35.5 Å². The van der Waals surface area contributed by atoms with Crippen LogP contribution in [-0.4, -0.2) is 244 Å². The molecule has 3 fully saturated rings. The second-order valence-electron chi connectivity index (χ2n) is 33.5. The zero-order valence-electron chi connectivity index (χ0n) is 73.3. The van der Waals surface area contributed by atoms with E-state index in [4.69, 9.17) is 68.4 Å². The van der Waals surface area contributed by atoms with Crippen LogP contribution in [0.25, 0.3) is 33.4 Å². The summed E-state index contributed by atoms with van der Waals surface area (Å²) < 4.78 is 68.5. The molecule has 2 bridgehead atoms. The first-order valence-electron chi connectivity index (χ1n) is 44.0. The Morgan fingerprint density at radius 1 is 0.754 bits per heavy atom. The molecule has 0 spiro atoms. The fraction of sp³-hybridized carbons (Fsp3) is 0.678. The number of rotatable bonds is 39. The van der Waals surface area contributed by atoms with Crippen molar-refractivity contribution in [1.29, 1.82) is 0 Å². The van der Waals surface area contributed by atoms with Gasteiger partial charge in [0.25, 0.3) is 17.7 Å². The first kappa shape index (κ1) is 97.4. The predicted molar refractivity (Wildman–Crippen MR) is 457 cm³/mol. The largest absolute Gasteiger partial charge is 0.460 e. The number of methoxy groups -OCH3 is 3. The van der Waals surface area contributed by atoms with Crippen LogP contribution in [0.2, 0.25) is 0 Å². The second-order valence-corrected chi connectivity index (χ2v) is 33.5. The molecule has 4 aromatic heterocycles. The van der Waals surface area contributed by atoms with Crippen molar-refractivity contribution in [2.75, 3.05) is 105 Å². The lowest BCUT2D eigenvalue weighted by molar-refractivity contribution is -0.265. The summed E-state index contributed by atoms with van der Waals surface area (Å²) in [5, 5.41) is 40.9. The fourth-order valence-corrected chi connectivity index (χ4v) is 16.7. The number of Topliss-reactive ketones (excluding diaryl/α,β-unsaturated/α-hetero) is 4. The van der Waals surface area contributed by atoms with E-state index in [1.807, 2.05) is 76.4 Å². The van der Waals surface area contributed by atoms with E-state index >= 15 is 0 Å². The van der Waals surface area contributed by atoms with Gasteiger partial charge in [-0.25, -0.2) is 24.1 Å². The predicted octanol–water partition coefficient (Wildman–Crippen LogP) is 10.5. The molecule has 32 nitrogen and oxygen atoms in total. The summed E-state index contributed by atoms with van der Waals surface area (Å²) in [7, 11) is 4.64. The van der Waals surface area contributed by atoms with Gasteiger partial charge < -0.3 is 83.7 Å². The first-order chi connectivity index (χ1) is 58.8. The van der Waals surface area contributed by atoms with E-state index < -0.39 is 77.8 Å². The van der Waals surface area contributed by atoms with Gasteiger partial charge in [-0.3, -0.25) is 28.8 Å². The number of ether oxygens (including phenoxy) is 10. The number of aliphatic hydroxyl groups excluding tert-OH is 1. The number of esters is 1. The number of anilines is 2. The maximum atomic E-state index is 14.8. The molecule has 2 amide bonds. The highest BCUT2D eigenvalue weighted by Gasteiger charge is 2.53. The highest BCUT2D eigenvalue weighted by atomic mass is 16.6. The van der Waals surface area contributed by atoms with Gasteiger partial charge in [-0.1, -0.05) is 76.3 Å². The third-order valence-corrected chi connectivity index (χ3v) is 24.0. The van der Waals surface area contributed by atoms with Gasteiger partial charge in [0, 0.05) is 116 Å². The zero-order chi connectivity index (χ0) is 87.7. The number of aromatic nitrogens is 8. The van der Waals surface area contributed by atoms with Crippen LogP contribution in [0.15, 0.2) is 82.7 Å². The lowest BCUT2D eigenvalue weighted by atomic mass is 9.78. The number of aliphatic hydroxyl groups is 2. The lowest BCUT2D eigenvalue weighted by Crippen LogP contribution is -2.61. The molecule has 1 saturated carbocycles. The smallest absolute Gasteiger partial charge is 0.329 e. The zero-order valence-corrected chi connectivity index (χ0v) is 73.3. The van der Waals surface area contributed by atoms with Crippen molar-refractivity contribution < 1.29 is 95.6 Å². The van der Waals surface area contributed by atoms with Gasteiger partial charge in [0.2, 0.25) is 11.7 Å². The summed E-state index contributed by atoms with van der Waals surface area (Å²) in [5.41, 5.74) is 17.4. The number of benzene rings is 1. The second kappa shape index (κ2) is 49.9. The molecule has 1 aromatic carbocycles. The fourth-order valence-electron chi connectivity index (χ4n) is 16.7. The van der Waals surface area contributed by atoms with Crippen LogP contribution >= 0.6 is 0 Å². The molecule has 3 aliphatic heterocycles. The van der Waals surface area contributed by atoms with Crippen molar-refractivity contribution in [2.24, 2.45) is 35.5 Å². The molecule has 7 N–H and O–H groups in total. The van der Waals surface area contributed by atoms with Crippen LogP contribution in [0.3, 0.4) is 0 Å². The normalized spacial score (nSPS) is 27.1. The number of allylic oxidation sites excluding steroid dienone is 6. The Morgan fingerprint density at radius 2 is 1.50 bits per heavy atom. The van der Waals surface area contributed by atoms with Crippen LogP contribution in [0.1, 0.15) is 195 Å². The van der Waals surface area contributed by atoms with E-state index in [2.05, 4.69) is 30.6 Å². The molecule has 0 radical (unpaired) electrons. The Hall–Kier alpha value is -8.41. The van der Waals surface area contributed by atoms with Gasteiger partial charge in [0.1, 0.15) is 59.3 Å². The summed E-state index contributed by atoms with van der Waals surface area (Å²) in [6.07, 6.45) is 22.1. The highest BCUT2D eigenvalue weighted by Crippen LogP contribution is 2.40. The van der Waals surface area contributed by atoms with Crippen molar-refractivity contribution in [1.82, 2.24) is 49.9 Å². The molecule has 4 aliphatic rings. The number of carbonyl (C=O) groups is 7. The third kappa shape index (κ3) is 29.1. The molecule has 2 saturated heterocycles. The number of hydrogen-bond acceptors (Lipinski definition) is 28. The molecule has 1 aliphatic carbocycles. The SMILES string of the molecule is CO[C@H]1C[C@@H]2CC[C@@H](C)[C@@](O)(O2)C(=O)C(=O)N2CCCC[C@H]2C(=O)OC([C@H](C)C[C@@H]2CC[C@@H](OCCCCc3cn(CCOCCOCCOCCOCCCC(=O)CCCCC(=O)NCCCCn4nc(-c5ccc6oc(N)nc6c5)c5c(N)ncnc54)nn3)[C@H](OC)C2)CC(=O)[C@H](C)/C=C(\C)[C@@H](O)[C@@H](OC)C(=O)[C@H](C)C[C@H](C)/C=C/C=C/C=C/1C. The Labute approximate surface area is 717 Å². The van der Waals surface area contributed by atoms with E-state index in [1.165, 1.54) is 18.3 Å². The van der Waals surface area contributed by atoms with Crippen LogP contribution in [0.4, 0.5) is 11.8 Å². The highest BCUT2D eigenvalue weighted by molar-refractivity contribution is 6.39. The minimum atomic E-state index is -2.46. The van der Waals surface area contributed by atoms with E-state index in [0.29, 0.717) is 208 Å². The van der Waals surface area contributed by atoms with Gasteiger partial charge in [-0.15, -0.1) is 5.10 Å². The van der Waals surface area contributed by atoms with Gasteiger partial charge in [-0.05, 0) is 177 Å². The molecule has 122 heavy (non-hydrogen) atoms. The molecule has 32 heteroatoms. The average Bonchev–Trinajstić information content (AvgIpc) is 1.53. The van der Waals surface area contributed by atoms with Gasteiger partial charge in [0.05, 0.1) is 88.3 Å². The van der Waals surface area contributed by atoms with Crippen molar-refractivity contribution in [3.8, 4) is 11.3 Å². The maximum absolute atomic E-state index is 14.8. The summed E-state index contributed by atoms with van der Waals surface area (Å²) in [4.78, 5) is 111. The maximum Gasteiger partial charge on any atom is 0.329 e. The van der Waals surface area contributed by atoms with Crippen molar-refractivity contribution in [3.05, 3.63) is 84.0 Å². The molecule has 9 rings (SSSR count). The molecular formula is C90H134N12O20. The minimum Gasteiger partial charge on any atom is -0.460 e. The van der Waals surface area contributed by atoms with E-state index in [1.54, 1.807) is 56.5 Å². The monoisotopic (exact) mass is 1700 g/mol. The van der Waals surface area contributed by atoms with Gasteiger partial charge in [-0.2, -0.15) is 10.1 Å². The molecule has 674 valence electrons. The number of amides is 2. The summed E-state index contributed by atoms with van der Waals surface area (Å²) >= 11 is 0. The van der Waals surface area contributed by atoms with Gasteiger partial charge in [0.15, 0.2) is 17.0 Å². The minimum absolute atomic E-state index is 0.00572. The third-order valence-electron chi connectivity index (χ3n) is 24.0. The Morgan fingerprint density at radius 3 is 2.25 bits per heavy atom. The number of cyclic esters (lactones) is 1. The average molecular weight is 1700 g/mol. The van der Waals surface area contributed by atoms with E-state index in [-0.39, 0.29) is 78.6 Å². The number of oxazole rings is 1. The summed E-state index contributed by atoms with van der Waals surface area (Å²) in [5.74, 6) is -7.75. The number of nitrogen functional groups attached to an aromatic ring is 2. The van der Waals surface area contributed by atoms with Crippen LogP contribution in [-0.2, 0) is 100 Å². The number of nitrogens with zero attached hydrogens (tertiary/aromatic N) is 9. The quantitative estimate of drug-likeness (QED) is 0.0106. The molecule has 15 atom stereocenters. The Balaban J connectivity index is 0.623. The van der Waals surface area contributed by atoms with E-state index in [9.17, 15) is 43.8 Å². The molecular weight excluding hydrogens is 1570 g/mol. The number of carbonyl (C=O) groups excluding carboxylic acids is 7. The first-order valence-corrected chi connectivity index (χ1v) is 44.0. The number of ketones is 4. The van der Waals surface area contributed by atoms with E-state index in [0.717, 1.165) is 61.8 Å². The number of hydrogen-bond donors (Lipinski definition) is 5. The molecule has 1 unspecified atom stereocenters. The topological polar surface area (TPSA) is 420 Å². The number of nitrogens with one attached hydrogen (secondary N) is 1.